The van der Waals surface area contributed by atoms with Crippen molar-refractivity contribution in [2.45, 2.75) is 115 Å². The van der Waals surface area contributed by atoms with Crippen molar-refractivity contribution in [2.75, 3.05) is 70.1 Å². The van der Waals surface area contributed by atoms with Gasteiger partial charge in [-0.05, 0) is 77.7 Å². The van der Waals surface area contributed by atoms with Crippen molar-refractivity contribution < 1.29 is 42.9 Å². The summed E-state index contributed by atoms with van der Waals surface area (Å²) in [7, 11) is -1.33. The van der Waals surface area contributed by atoms with E-state index in [1.807, 2.05) is 10.8 Å². The van der Waals surface area contributed by atoms with Gasteiger partial charge in [0, 0.05) is 95.3 Å². The maximum absolute atomic E-state index is 14.3. The zero-order valence-corrected chi connectivity index (χ0v) is 52.2. The van der Waals surface area contributed by atoms with Crippen LogP contribution in [0.4, 0.5) is 5.82 Å². The first-order valence-electron chi connectivity index (χ1n) is 28.2. The van der Waals surface area contributed by atoms with E-state index < -0.39 is 94.4 Å². The largest absolute Gasteiger partial charge is 0.390 e. The molecule has 0 spiro atoms. The van der Waals surface area contributed by atoms with Crippen LogP contribution < -0.4 is 71.2 Å². The molecule has 33 heteroatoms. The van der Waals surface area contributed by atoms with Crippen molar-refractivity contribution in [1.29, 1.82) is 0 Å². The van der Waals surface area contributed by atoms with Crippen LogP contribution in [-0.2, 0) is 47.6 Å². The van der Waals surface area contributed by atoms with Crippen molar-refractivity contribution in [3.63, 3.8) is 0 Å². The first-order chi connectivity index (χ1) is 41.1. The van der Waals surface area contributed by atoms with E-state index in [9.17, 15) is 42.9 Å². The molecule has 5 rings (SSSR count). The van der Waals surface area contributed by atoms with Crippen molar-refractivity contribution in [3.05, 3.63) is 62.1 Å². The number of rotatable bonds is 40. The van der Waals surface area contributed by atoms with Crippen LogP contribution in [0.25, 0.3) is 21.4 Å². The van der Waals surface area contributed by atoms with Gasteiger partial charge in [-0.2, -0.15) is 0 Å². The molecule has 0 saturated carbocycles. The highest BCUT2D eigenvalue weighted by Crippen LogP contribution is 2.31. The molecule has 0 aliphatic rings. The normalized spacial score (nSPS) is 14.3. The molecule has 20 N–H and O–H groups in total. The van der Waals surface area contributed by atoms with E-state index in [2.05, 4.69) is 67.5 Å². The Hall–Kier alpha value is -6.82. The molecule has 1 unspecified atom stereocenters. The Balaban J connectivity index is 1.15. The fraction of sp³-hybridized carbons (Fsp3) is 0.566. The van der Waals surface area contributed by atoms with E-state index in [0.29, 0.717) is 57.3 Å². The maximum Gasteiger partial charge on any atom is 0.271 e. The zero-order valence-electron chi connectivity index (χ0n) is 48.9. The topological polar surface area (TPSA) is 476 Å². The predicted octanol–water partition coefficient (Wildman–Crippen LogP) is -1.37. The van der Waals surface area contributed by atoms with E-state index in [4.69, 9.17) is 38.6 Å². The Kier molecular flexibility index (Phi) is 29.1. The van der Waals surface area contributed by atoms with Crippen molar-refractivity contribution in [2.24, 2.45) is 34.8 Å². The minimum Gasteiger partial charge on any atom is -0.390 e. The van der Waals surface area contributed by atoms with Crippen LogP contribution in [0.2, 0.25) is 0 Å². The smallest absolute Gasteiger partial charge is 0.271 e. The third kappa shape index (κ3) is 22.5. The number of aromatic nitrogens is 7. The molecule has 0 aromatic carbocycles. The number of imidazole rings is 1. The number of aliphatic hydroxyl groups excluding tert-OH is 1. The molecule has 472 valence electrons. The average Bonchev–Trinajstić information content (AvgIpc) is 2.58. The predicted molar refractivity (Wildman–Crippen MR) is 331 cm³/mol. The third-order valence-corrected chi connectivity index (χ3v) is 17.0. The summed E-state index contributed by atoms with van der Waals surface area (Å²) in [6, 6.07) is -5.78. The number of nitrogens with two attached hydrogens (primary N) is 5. The average molecular weight is 1270 g/mol. The van der Waals surface area contributed by atoms with Crippen molar-refractivity contribution in [1.82, 2.24) is 77.4 Å². The number of hydrogen-bond acceptors (Lipinski definition) is 24. The molecule has 5 aromatic rings. The molecule has 0 aliphatic heterocycles. The molecule has 0 bridgehead atoms. The second-order valence-electron chi connectivity index (χ2n) is 20.8. The Morgan fingerprint density at radius 3 is 2.09 bits per heavy atom. The molecule has 0 saturated heterocycles. The summed E-state index contributed by atoms with van der Waals surface area (Å²) >= 11 is 4.09. The molecule has 5 heterocycles. The summed E-state index contributed by atoms with van der Waals surface area (Å²) in [5, 5.41) is 42.8. The quantitative estimate of drug-likeness (QED) is 0.0201. The number of thiazole rings is 3. The van der Waals surface area contributed by atoms with Gasteiger partial charge in [-0.1, -0.05) is 20.8 Å². The number of amides is 7. The van der Waals surface area contributed by atoms with Crippen molar-refractivity contribution >= 4 is 92.0 Å². The number of nitrogens with zero attached hydrogens (tertiary/aromatic N) is 6. The minimum atomic E-state index is -1.53. The van der Waals surface area contributed by atoms with E-state index >= 15 is 0 Å². The molecular formula is C53H82N20O9S4. The van der Waals surface area contributed by atoms with E-state index in [0.717, 1.165) is 51.9 Å². The van der Waals surface area contributed by atoms with Gasteiger partial charge in [-0.3, -0.25) is 37.8 Å². The molecule has 0 aliphatic carbocycles. The summed E-state index contributed by atoms with van der Waals surface area (Å²) in [4.78, 5) is 122. The molecule has 8 atom stereocenters. The number of nitrogens with one attached hydrogen (secondary N) is 9. The fourth-order valence-corrected chi connectivity index (χ4v) is 11.5. The number of anilines is 1. The Labute approximate surface area is 513 Å². The van der Waals surface area contributed by atoms with Crippen LogP contribution >= 0.6 is 34.0 Å². The standard InChI is InChI=1S/C53H82N20O9S4/c1-28(2)41(72-50(80)35(20-31-22-61-27-65-31)68-51(81)42-29(3)44(57)73-46(71-42)34(21-39(56)74)64-23-32(55)45(58)76)43(75)30(4)47(77)67-33(11-19-86(5)82)48(78)63-18-10-40-66-37(25-83-40)52-70-38(26-85-52)53-69-36(24-84-53)49(79)62-17-9-16-60-14-7-6-13-59-15-8-12-54/h22,24-28,30,32-35,41,43,59-60,64,75H,6-21,23,54-55H2,1-5H3,(H2,56,74)(H2,58,76)(H,61,65)(H,62,79)(H,63,78)(H,67,77)(H,68,81)(H,72,80)(H2,57,71,73)/t30-,32-,33-,34-,35-,41+,43-,86?/m0/s1. The SMILES string of the molecule is Cc1c(N)nc([C@H](CC(N)=O)NC[C@H](N)C(N)=O)nc1C(=O)N[C@@H](Cc1cnc[nH]1)C(=O)N[C@H](C(C)C)[C@@H](O)[C@H](C)C(=O)N[C@@H](CCS(C)=O)C(=O)NCCc1nc(-c2nc(-c3nc(C(=O)NCCCNCCCCNCCCN)cs3)cs2)cs1. The highest BCUT2D eigenvalue weighted by Gasteiger charge is 2.37. The van der Waals surface area contributed by atoms with Crippen LogP contribution in [0.5, 0.6) is 0 Å². The minimum absolute atomic E-state index is 0.0139. The number of carbonyl (C=O) groups excluding carboxylic acids is 7. The molecule has 0 fully saturated rings. The van der Waals surface area contributed by atoms with Crippen LogP contribution in [0.3, 0.4) is 0 Å². The summed E-state index contributed by atoms with van der Waals surface area (Å²) in [6.07, 6.45) is 6.55. The monoisotopic (exact) mass is 1270 g/mol. The molecule has 5 aromatic heterocycles. The van der Waals surface area contributed by atoms with Crippen LogP contribution in [0, 0.1) is 18.8 Å². The Morgan fingerprint density at radius 1 is 0.756 bits per heavy atom. The number of hydrogen-bond donors (Lipinski definition) is 15. The highest BCUT2D eigenvalue weighted by atomic mass is 32.2. The number of aromatic amines is 1. The van der Waals surface area contributed by atoms with Crippen LogP contribution in [0.15, 0.2) is 28.7 Å². The number of unbranched alkanes of at least 4 members (excludes halogenated alkanes) is 1. The van der Waals surface area contributed by atoms with E-state index in [1.165, 1.54) is 66.6 Å². The molecule has 86 heavy (non-hydrogen) atoms. The number of nitrogen functional groups attached to an aromatic ring is 1. The lowest BCUT2D eigenvalue weighted by molar-refractivity contribution is -0.135. The van der Waals surface area contributed by atoms with Crippen LogP contribution in [0.1, 0.15) is 108 Å². The highest BCUT2D eigenvalue weighted by molar-refractivity contribution is 7.84. The van der Waals surface area contributed by atoms with Gasteiger partial charge in [0.25, 0.3) is 11.8 Å². The van der Waals surface area contributed by atoms with Gasteiger partial charge in [0.05, 0.1) is 41.5 Å². The third-order valence-electron chi connectivity index (χ3n) is 13.5. The van der Waals surface area contributed by atoms with Gasteiger partial charge >= 0.3 is 0 Å². The summed E-state index contributed by atoms with van der Waals surface area (Å²) in [5.41, 5.74) is 30.2. The summed E-state index contributed by atoms with van der Waals surface area (Å²) in [6.45, 7) is 11.1. The number of primary amides is 2. The second-order valence-corrected chi connectivity index (χ2v) is 25.0. The number of H-pyrrole nitrogens is 1. The van der Waals surface area contributed by atoms with Gasteiger partial charge < -0.3 is 81.3 Å². The first-order valence-corrected chi connectivity index (χ1v) is 32.5. The van der Waals surface area contributed by atoms with Crippen molar-refractivity contribution in [3.8, 4) is 21.4 Å². The molecule has 7 amide bonds. The summed E-state index contributed by atoms with van der Waals surface area (Å²) < 4.78 is 12.2. The van der Waals surface area contributed by atoms with Gasteiger partial charge in [0.15, 0.2) is 0 Å². The maximum atomic E-state index is 14.3. The van der Waals surface area contributed by atoms with E-state index in [-0.39, 0.29) is 66.9 Å². The fourth-order valence-electron chi connectivity index (χ4n) is 8.45. The lowest BCUT2D eigenvalue weighted by Gasteiger charge is -2.32. The lowest BCUT2D eigenvalue weighted by atomic mass is 9.89. The molecule has 29 nitrogen and oxygen atoms in total. The van der Waals surface area contributed by atoms with Gasteiger partial charge in [-0.25, -0.2) is 29.9 Å². The zero-order chi connectivity index (χ0) is 62.9. The Bertz CT molecular complexity index is 3030. The molecular weight excluding hydrogens is 1190 g/mol. The number of carbonyl (C=O) groups is 7. The Morgan fingerprint density at radius 2 is 1.43 bits per heavy atom. The van der Waals surface area contributed by atoms with Gasteiger partial charge in [0.1, 0.15) is 56.5 Å². The van der Waals surface area contributed by atoms with E-state index in [1.54, 1.807) is 19.2 Å². The van der Waals surface area contributed by atoms with Gasteiger partial charge in [-0.15, -0.1) is 34.0 Å². The molecule has 0 radical (unpaired) electrons. The number of aliphatic hydroxyl groups is 1. The van der Waals surface area contributed by atoms with Crippen LogP contribution in [-0.4, -0.2) is 180 Å². The summed E-state index contributed by atoms with van der Waals surface area (Å²) in [5.74, 6) is -6.64. The lowest BCUT2D eigenvalue weighted by Crippen LogP contribution is -2.58. The second kappa shape index (κ2) is 35.7. The first kappa shape index (κ1) is 69.9. The van der Waals surface area contributed by atoms with Gasteiger partial charge in [0.2, 0.25) is 29.5 Å².